The highest BCUT2D eigenvalue weighted by atomic mass is 16.3. The summed E-state index contributed by atoms with van der Waals surface area (Å²) in [6, 6.07) is 0. The van der Waals surface area contributed by atoms with Gasteiger partial charge in [-0.15, -0.1) is 0 Å². The molecule has 2 aliphatic rings. The highest BCUT2D eigenvalue weighted by Gasteiger charge is 2.35. The van der Waals surface area contributed by atoms with Crippen LogP contribution in [0.4, 0.5) is 0 Å². The van der Waals surface area contributed by atoms with E-state index in [-0.39, 0.29) is 5.91 Å². The highest BCUT2D eigenvalue weighted by molar-refractivity contribution is 5.77. The fourth-order valence-electron chi connectivity index (χ4n) is 2.24. The van der Waals surface area contributed by atoms with E-state index in [4.69, 9.17) is 0 Å². The third-order valence-electron chi connectivity index (χ3n) is 3.16. The predicted molar refractivity (Wildman–Crippen MR) is 52.9 cm³/mol. The lowest BCUT2D eigenvalue weighted by Crippen LogP contribution is -2.39. The standard InChI is InChI=1S/C10H18N2O2/c13-9(12-5-1-2-6-12)7-10(14)3-4-11-8-10/h11,14H,1-8H2/t10-/m0/s1. The summed E-state index contributed by atoms with van der Waals surface area (Å²) in [6.45, 7) is 3.14. The molecule has 0 aliphatic carbocycles. The number of rotatable bonds is 2. The summed E-state index contributed by atoms with van der Waals surface area (Å²) >= 11 is 0. The van der Waals surface area contributed by atoms with Crippen LogP contribution in [0, 0.1) is 0 Å². The SMILES string of the molecule is O=C(C[C@@]1(O)CCNC1)N1CCCC1. The Bertz CT molecular complexity index is 218. The van der Waals surface area contributed by atoms with E-state index >= 15 is 0 Å². The van der Waals surface area contributed by atoms with Crippen molar-refractivity contribution in [3.63, 3.8) is 0 Å². The van der Waals surface area contributed by atoms with E-state index in [0.717, 1.165) is 32.5 Å². The quantitative estimate of drug-likeness (QED) is 0.642. The molecule has 4 nitrogen and oxygen atoms in total. The summed E-state index contributed by atoms with van der Waals surface area (Å²) in [5, 5.41) is 13.1. The molecule has 0 radical (unpaired) electrons. The van der Waals surface area contributed by atoms with Crippen LogP contribution >= 0.6 is 0 Å². The fraction of sp³-hybridized carbons (Fsp3) is 0.900. The first kappa shape index (κ1) is 9.93. The Labute approximate surface area is 84.3 Å². The van der Waals surface area contributed by atoms with Crippen LogP contribution in [0.1, 0.15) is 25.7 Å². The molecule has 2 saturated heterocycles. The molecule has 2 fully saturated rings. The molecule has 14 heavy (non-hydrogen) atoms. The number of β-amino-alcohol motifs (C(OH)–C–C–N with tert-alkyl or cyclic N) is 1. The van der Waals surface area contributed by atoms with Crippen LogP contribution < -0.4 is 5.32 Å². The zero-order valence-corrected chi connectivity index (χ0v) is 8.46. The zero-order valence-electron chi connectivity index (χ0n) is 8.46. The van der Waals surface area contributed by atoms with Crippen LogP contribution in [-0.4, -0.2) is 47.7 Å². The lowest BCUT2D eigenvalue weighted by molar-refractivity contribution is -0.134. The van der Waals surface area contributed by atoms with E-state index < -0.39 is 5.60 Å². The van der Waals surface area contributed by atoms with Gasteiger partial charge in [0.1, 0.15) is 0 Å². The highest BCUT2D eigenvalue weighted by Crippen LogP contribution is 2.21. The maximum absolute atomic E-state index is 11.7. The van der Waals surface area contributed by atoms with E-state index in [9.17, 15) is 9.90 Å². The summed E-state index contributed by atoms with van der Waals surface area (Å²) < 4.78 is 0. The smallest absolute Gasteiger partial charge is 0.225 e. The molecule has 2 N–H and O–H groups in total. The van der Waals surface area contributed by atoms with Gasteiger partial charge in [0.25, 0.3) is 0 Å². The van der Waals surface area contributed by atoms with Crippen molar-refractivity contribution < 1.29 is 9.90 Å². The molecule has 0 aromatic heterocycles. The molecule has 0 unspecified atom stereocenters. The molecule has 4 heteroatoms. The normalized spacial score (nSPS) is 32.5. The van der Waals surface area contributed by atoms with E-state index in [2.05, 4.69) is 5.32 Å². The summed E-state index contributed by atoms with van der Waals surface area (Å²) in [5.41, 5.74) is -0.778. The number of hydrogen-bond donors (Lipinski definition) is 2. The van der Waals surface area contributed by atoms with Gasteiger partial charge >= 0.3 is 0 Å². The molecule has 2 heterocycles. The molecular weight excluding hydrogens is 180 g/mol. The van der Waals surface area contributed by atoms with Crippen LogP contribution in [0.25, 0.3) is 0 Å². The molecule has 1 amide bonds. The summed E-state index contributed by atoms with van der Waals surface area (Å²) in [7, 11) is 0. The van der Waals surface area contributed by atoms with Crippen molar-refractivity contribution in [1.29, 1.82) is 0 Å². The molecule has 0 aromatic rings. The first-order chi connectivity index (χ1) is 6.70. The maximum atomic E-state index is 11.7. The number of likely N-dealkylation sites (tertiary alicyclic amines) is 1. The molecule has 0 aromatic carbocycles. The minimum atomic E-state index is -0.778. The van der Waals surface area contributed by atoms with Crippen molar-refractivity contribution in [2.75, 3.05) is 26.2 Å². The van der Waals surface area contributed by atoms with Crippen LogP contribution in [0.3, 0.4) is 0 Å². The number of hydrogen-bond acceptors (Lipinski definition) is 3. The van der Waals surface area contributed by atoms with Crippen LogP contribution in [0.5, 0.6) is 0 Å². The Balaban J connectivity index is 1.86. The zero-order chi connectivity index (χ0) is 10.0. The van der Waals surface area contributed by atoms with Crippen molar-refractivity contribution in [2.24, 2.45) is 0 Å². The third-order valence-corrected chi connectivity index (χ3v) is 3.16. The van der Waals surface area contributed by atoms with Crippen molar-refractivity contribution in [3.8, 4) is 0 Å². The second kappa shape index (κ2) is 3.87. The van der Waals surface area contributed by atoms with Gasteiger partial charge in [0.15, 0.2) is 0 Å². The fourth-order valence-corrected chi connectivity index (χ4v) is 2.24. The van der Waals surface area contributed by atoms with Crippen molar-refractivity contribution >= 4 is 5.91 Å². The maximum Gasteiger partial charge on any atom is 0.225 e. The average Bonchev–Trinajstić information content (AvgIpc) is 2.74. The van der Waals surface area contributed by atoms with Gasteiger partial charge in [-0.3, -0.25) is 4.79 Å². The van der Waals surface area contributed by atoms with Crippen molar-refractivity contribution in [3.05, 3.63) is 0 Å². The third kappa shape index (κ3) is 2.07. The number of carbonyl (C=O) groups is 1. The molecule has 0 bridgehead atoms. The Morgan fingerprint density at radius 2 is 2.14 bits per heavy atom. The summed E-state index contributed by atoms with van der Waals surface area (Å²) in [4.78, 5) is 13.6. The first-order valence-electron chi connectivity index (χ1n) is 5.41. The number of aliphatic hydroxyl groups is 1. The molecule has 2 aliphatic heterocycles. The molecule has 80 valence electrons. The lowest BCUT2D eigenvalue weighted by Gasteiger charge is -2.24. The van der Waals surface area contributed by atoms with Crippen LogP contribution in [-0.2, 0) is 4.79 Å². The van der Waals surface area contributed by atoms with Gasteiger partial charge < -0.3 is 15.3 Å². The largest absolute Gasteiger partial charge is 0.388 e. The van der Waals surface area contributed by atoms with E-state index in [1.165, 1.54) is 0 Å². The van der Waals surface area contributed by atoms with Gasteiger partial charge in [-0.2, -0.15) is 0 Å². The molecular formula is C10H18N2O2. The van der Waals surface area contributed by atoms with E-state index in [1.807, 2.05) is 4.90 Å². The van der Waals surface area contributed by atoms with Gasteiger partial charge in [0.2, 0.25) is 5.91 Å². The molecule has 0 saturated carbocycles. The number of nitrogens with zero attached hydrogens (tertiary/aromatic N) is 1. The summed E-state index contributed by atoms with van der Waals surface area (Å²) in [6.07, 6.45) is 3.22. The van der Waals surface area contributed by atoms with Gasteiger partial charge in [-0.25, -0.2) is 0 Å². The number of nitrogens with one attached hydrogen (secondary N) is 1. The minimum Gasteiger partial charge on any atom is -0.388 e. The van der Waals surface area contributed by atoms with Crippen LogP contribution in [0.2, 0.25) is 0 Å². The van der Waals surface area contributed by atoms with E-state index in [1.54, 1.807) is 0 Å². The monoisotopic (exact) mass is 198 g/mol. The lowest BCUT2D eigenvalue weighted by atomic mass is 9.98. The Hall–Kier alpha value is -0.610. The van der Waals surface area contributed by atoms with Gasteiger partial charge in [-0.05, 0) is 25.8 Å². The number of carbonyl (C=O) groups excluding carboxylic acids is 1. The second-order valence-electron chi connectivity index (χ2n) is 4.42. The average molecular weight is 198 g/mol. The molecule has 1 atom stereocenters. The van der Waals surface area contributed by atoms with E-state index in [0.29, 0.717) is 19.4 Å². The second-order valence-corrected chi connectivity index (χ2v) is 4.42. The van der Waals surface area contributed by atoms with Gasteiger partial charge in [-0.1, -0.05) is 0 Å². The topological polar surface area (TPSA) is 52.6 Å². The van der Waals surface area contributed by atoms with Crippen molar-refractivity contribution in [1.82, 2.24) is 10.2 Å². The Morgan fingerprint density at radius 1 is 1.43 bits per heavy atom. The van der Waals surface area contributed by atoms with Gasteiger partial charge in [0.05, 0.1) is 12.0 Å². The number of amides is 1. The molecule has 0 spiro atoms. The van der Waals surface area contributed by atoms with Gasteiger partial charge in [0, 0.05) is 19.6 Å². The Morgan fingerprint density at radius 3 is 2.71 bits per heavy atom. The molecule has 2 rings (SSSR count). The summed E-state index contributed by atoms with van der Waals surface area (Å²) in [5.74, 6) is 0.119. The van der Waals surface area contributed by atoms with Crippen molar-refractivity contribution in [2.45, 2.75) is 31.3 Å². The predicted octanol–water partition coefficient (Wildman–Crippen LogP) is -0.277. The Kier molecular flexibility index (Phi) is 2.74. The first-order valence-corrected chi connectivity index (χ1v) is 5.41. The minimum absolute atomic E-state index is 0.119. The van der Waals surface area contributed by atoms with Crippen LogP contribution in [0.15, 0.2) is 0 Å².